The highest BCUT2D eigenvalue weighted by Crippen LogP contribution is 2.44. The second kappa shape index (κ2) is 6.55. The molecule has 6 heteroatoms. The van der Waals surface area contributed by atoms with Crippen LogP contribution < -0.4 is 10.1 Å². The fourth-order valence-electron chi connectivity index (χ4n) is 3.33. The van der Waals surface area contributed by atoms with Crippen LogP contribution in [0.5, 0.6) is 11.5 Å². The summed E-state index contributed by atoms with van der Waals surface area (Å²) in [6.45, 7) is 7.24. The molecule has 3 rings (SSSR count). The summed E-state index contributed by atoms with van der Waals surface area (Å²) >= 11 is 0. The summed E-state index contributed by atoms with van der Waals surface area (Å²) in [5.41, 5.74) is 2.71. The summed E-state index contributed by atoms with van der Waals surface area (Å²) in [4.78, 5) is 12.1. The molecule has 1 aromatic carbocycles. The number of para-hydroxylation sites is 1. The van der Waals surface area contributed by atoms with Crippen LogP contribution in [0.2, 0.25) is 0 Å². The Morgan fingerprint density at radius 3 is 2.92 bits per heavy atom. The van der Waals surface area contributed by atoms with Crippen molar-refractivity contribution in [3.8, 4) is 11.5 Å². The highest BCUT2D eigenvalue weighted by atomic mass is 16.5. The lowest BCUT2D eigenvalue weighted by atomic mass is 9.85. The Labute approximate surface area is 141 Å². The summed E-state index contributed by atoms with van der Waals surface area (Å²) < 4.78 is 7.41. The number of nitrogens with one attached hydrogen (secondary N) is 1. The van der Waals surface area contributed by atoms with E-state index in [9.17, 15) is 9.90 Å². The summed E-state index contributed by atoms with van der Waals surface area (Å²) in [7, 11) is 0. The van der Waals surface area contributed by atoms with Gasteiger partial charge in [0.1, 0.15) is 0 Å². The molecule has 24 heavy (non-hydrogen) atoms. The molecule has 2 aromatic rings. The number of hydrogen-bond donors (Lipinski definition) is 2. The number of nitrogens with zero attached hydrogens (tertiary/aromatic N) is 2. The standard InChI is InChI=1S/C18H23N3O3/c1-4-9-21-11(3)16-13(10-15(22)19-18(16)20-21)12-7-6-8-14(17(12)23)24-5-2/h6-8,13,23H,4-5,9-10H2,1-3H3,(H,19,20,22). The quantitative estimate of drug-likeness (QED) is 0.883. The molecule has 0 spiro atoms. The molecule has 1 aromatic heterocycles. The Kier molecular flexibility index (Phi) is 4.46. The van der Waals surface area contributed by atoms with Crippen molar-refractivity contribution in [1.29, 1.82) is 0 Å². The number of ether oxygens (including phenoxy) is 1. The first kappa shape index (κ1) is 16.4. The van der Waals surface area contributed by atoms with Crippen LogP contribution in [0.4, 0.5) is 5.82 Å². The van der Waals surface area contributed by atoms with Crippen LogP contribution in [-0.4, -0.2) is 27.4 Å². The summed E-state index contributed by atoms with van der Waals surface area (Å²) in [6, 6.07) is 5.43. The van der Waals surface area contributed by atoms with E-state index in [1.807, 2.05) is 30.7 Å². The number of carbonyl (C=O) groups excluding carboxylic acids is 1. The van der Waals surface area contributed by atoms with E-state index in [1.54, 1.807) is 6.07 Å². The number of benzene rings is 1. The van der Waals surface area contributed by atoms with E-state index < -0.39 is 0 Å². The van der Waals surface area contributed by atoms with Crippen LogP contribution in [-0.2, 0) is 11.3 Å². The Morgan fingerprint density at radius 2 is 2.21 bits per heavy atom. The maximum Gasteiger partial charge on any atom is 0.226 e. The largest absolute Gasteiger partial charge is 0.504 e. The third kappa shape index (κ3) is 2.72. The molecule has 0 bridgehead atoms. The molecule has 1 atom stereocenters. The number of aryl methyl sites for hydroxylation is 1. The number of aromatic nitrogens is 2. The minimum Gasteiger partial charge on any atom is -0.504 e. The minimum absolute atomic E-state index is 0.0881. The van der Waals surface area contributed by atoms with Crippen LogP contribution >= 0.6 is 0 Å². The SMILES string of the molecule is CCCn1nc2c(c1C)C(c1cccc(OCC)c1O)CC(=O)N2. The number of rotatable bonds is 5. The van der Waals surface area contributed by atoms with E-state index in [-0.39, 0.29) is 24.0 Å². The molecule has 128 valence electrons. The molecule has 2 N–H and O–H groups in total. The predicted molar refractivity (Wildman–Crippen MR) is 91.6 cm³/mol. The molecule has 1 aliphatic rings. The average Bonchev–Trinajstić information content (AvgIpc) is 2.85. The maximum atomic E-state index is 12.1. The zero-order valence-electron chi connectivity index (χ0n) is 14.3. The van der Waals surface area contributed by atoms with Crippen molar-refractivity contribution in [2.75, 3.05) is 11.9 Å². The van der Waals surface area contributed by atoms with E-state index in [0.29, 0.717) is 23.7 Å². The fraction of sp³-hybridized carbons (Fsp3) is 0.444. The first-order chi connectivity index (χ1) is 11.6. The van der Waals surface area contributed by atoms with Gasteiger partial charge in [0, 0.05) is 35.7 Å². The molecule has 0 fully saturated rings. The first-order valence-electron chi connectivity index (χ1n) is 8.38. The number of phenols is 1. The van der Waals surface area contributed by atoms with E-state index in [0.717, 1.165) is 24.2 Å². The van der Waals surface area contributed by atoms with Gasteiger partial charge in [-0.3, -0.25) is 9.48 Å². The van der Waals surface area contributed by atoms with Crippen molar-refractivity contribution in [2.45, 2.75) is 46.1 Å². The van der Waals surface area contributed by atoms with Crippen LogP contribution in [0, 0.1) is 6.92 Å². The van der Waals surface area contributed by atoms with Gasteiger partial charge in [-0.05, 0) is 26.3 Å². The third-order valence-electron chi connectivity index (χ3n) is 4.39. The van der Waals surface area contributed by atoms with Gasteiger partial charge in [0.05, 0.1) is 6.61 Å². The molecular formula is C18H23N3O3. The van der Waals surface area contributed by atoms with Gasteiger partial charge in [0.15, 0.2) is 17.3 Å². The molecule has 1 unspecified atom stereocenters. The first-order valence-corrected chi connectivity index (χ1v) is 8.38. The van der Waals surface area contributed by atoms with E-state index in [4.69, 9.17) is 4.74 Å². The normalized spacial score (nSPS) is 16.6. The van der Waals surface area contributed by atoms with Crippen molar-refractivity contribution in [2.24, 2.45) is 0 Å². The Bertz CT molecular complexity index is 767. The number of carbonyl (C=O) groups is 1. The zero-order valence-corrected chi connectivity index (χ0v) is 14.3. The third-order valence-corrected chi connectivity index (χ3v) is 4.39. The van der Waals surface area contributed by atoms with Gasteiger partial charge in [0.2, 0.25) is 5.91 Å². The van der Waals surface area contributed by atoms with Gasteiger partial charge < -0.3 is 15.2 Å². The number of hydrogen-bond acceptors (Lipinski definition) is 4. The van der Waals surface area contributed by atoms with Gasteiger partial charge in [-0.15, -0.1) is 0 Å². The molecule has 1 amide bonds. The second-order valence-electron chi connectivity index (χ2n) is 6.00. The van der Waals surface area contributed by atoms with Crippen LogP contribution in [0.15, 0.2) is 18.2 Å². The minimum atomic E-state index is -0.222. The Morgan fingerprint density at radius 1 is 1.42 bits per heavy atom. The average molecular weight is 329 g/mol. The van der Waals surface area contributed by atoms with Crippen molar-refractivity contribution < 1.29 is 14.6 Å². The molecule has 1 aliphatic heterocycles. The fourth-order valence-corrected chi connectivity index (χ4v) is 3.33. The van der Waals surface area contributed by atoms with Crippen molar-refractivity contribution in [1.82, 2.24) is 9.78 Å². The highest BCUT2D eigenvalue weighted by Gasteiger charge is 2.33. The summed E-state index contributed by atoms with van der Waals surface area (Å²) in [5, 5.41) is 18.0. The molecule has 2 heterocycles. The number of amides is 1. The van der Waals surface area contributed by atoms with Crippen molar-refractivity contribution >= 4 is 11.7 Å². The van der Waals surface area contributed by atoms with Gasteiger partial charge in [-0.2, -0.15) is 5.10 Å². The van der Waals surface area contributed by atoms with Crippen molar-refractivity contribution in [3.63, 3.8) is 0 Å². The molecule has 0 radical (unpaired) electrons. The number of fused-ring (bicyclic) bond motifs is 1. The second-order valence-corrected chi connectivity index (χ2v) is 6.00. The van der Waals surface area contributed by atoms with Crippen LogP contribution in [0.3, 0.4) is 0 Å². The van der Waals surface area contributed by atoms with Crippen molar-refractivity contribution in [3.05, 3.63) is 35.0 Å². The molecule has 6 nitrogen and oxygen atoms in total. The van der Waals surface area contributed by atoms with Crippen LogP contribution in [0.25, 0.3) is 0 Å². The monoisotopic (exact) mass is 329 g/mol. The van der Waals surface area contributed by atoms with E-state index in [2.05, 4.69) is 17.3 Å². The van der Waals surface area contributed by atoms with Gasteiger partial charge in [0.25, 0.3) is 0 Å². The topological polar surface area (TPSA) is 76.4 Å². The lowest BCUT2D eigenvalue weighted by Gasteiger charge is -2.24. The predicted octanol–water partition coefficient (Wildman–Crippen LogP) is 3.18. The van der Waals surface area contributed by atoms with E-state index in [1.165, 1.54) is 0 Å². The molecular weight excluding hydrogens is 306 g/mol. The molecule has 0 saturated carbocycles. The van der Waals surface area contributed by atoms with Gasteiger partial charge >= 0.3 is 0 Å². The Hall–Kier alpha value is -2.50. The lowest BCUT2D eigenvalue weighted by Crippen LogP contribution is -2.23. The molecule has 0 saturated heterocycles. The maximum absolute atomic E-state index is 12.1. The summed E-state index contributed by atoms with van der Waals surface area (Å²) in [6.07, 6.45) is 1.25. The highest BCUT2D eigenvalue weighted by molar-refractivity contribution is 5.94. The lowest BCUT2D eigenvalue weighted by molar-refractivity contribution is -0.116. The number of aromatic hydroxyl groups is 1. The zero-order chi connectivity index (χ0) is 17.3. The number of anilines is 1. The molecule has 0 aliphatic carbocycles. The Balaban J connectivity index is 2.10. The number of phenolic OH excluding ortho intramolecular Hbond substituents is 1. The van der Waals surface area contributed by atoms with Crippen LogP contribution in [0.1, 0.15) is 49.4 Å². The van der Waals surface area contributed by atoms with E-state index >= 15 is 0 Å². The summed E-state index contributed by atoms with van der Waals surface area (Å²) in [5.74, 6) is 0.840. The van der Waals surface area contributed by atoms with Gasteiger partial charge in [-0.1, -0.05) is 19.1 Å². The van der Waals surface area contributed by atoms with Gasteiger partial charge in [-0.25, -0.2) is 0 Å². The smallest absolute Gasteiger partial charge is 0.226 e.